The predicted molar refractivity (Wildman–Crippen MR) is 71.0 cm³/mol. The summed E-state index contributed by atoms with van der Waals surface area (Å²) >= 11 is 0. The van der Waals surface area contributed by atoms with Gasteiger partial charge in [-0.15, -0.1) is 0 Å². The van der Waals surface area contributed by atoms with Crippen LogP contribution in [-0.2, 0) is 0 Å². The number of likely N-dealkylation sites (tertiary alicyclic amines) is 2. The van der Waals surface area contributed by atoms with Crippen molar-refractivity contribution in [1.29, 1.82) is 0 Å². The molecule has 0 unspecified atom stereocenters. The molecule has 2 aliphatic rings. The van der Waals surface area contributed by atoms with Crippen LogP contribution in [0, 0.1) is 6.92 Å². The molecule has 1 amide bonds. The minimum atomic E-state index is 0.0275. The molecule has 1 aromatic heterocycles. The summed E-state index contributed by atoms with van der Waals surface area (Å²) in [6.07, 6.45) is 4.64. The lowest BCUT2D eigenvalue weighted by Gasteiger charge is -2.32. The number of nitrogens with zero attached hydrogens (tertiary/aromatic N) is 3. The van der Waals surface area contributed by atoms with Crippen molar-refractivity contribution in [2.45, 2.75) is 44.7 Å². The second kappa shape index (κ2) is 4.96. The van der Waals surface area contributed by atoms with Gasteiger partial charge in [0.05, 0.1) is 0 Å². The van der Waals surface area contributed by atoms with Gasteiger partial charge < -0.3 is 14.3 Å². The van der Waals surface area contributed by atoms with Crippen LogP contribution in [0.2, 0.25) is 0 Å². The van der Waals surface area contributed by atoms with Crippen LogP contribution < -0.4 is 0 Å². The number of carbonyl (C=O) groups is 1. The first-order chi connectivity index (χ1) is 9.16. The molecule has 5 heteroatoms. The third-order valence-corrected chi connectivity index (χ3v) is 4.43. The Morgan fingerprint density at radius 2 is 2.05 bits per heavy atom. The molecule has 2 aliphatic heterocycles. The number of aromatic nitrogens is 1. The van der Waals surface area contributed by atoms with Gasteiger partial charge in [-0.3, -0.25) is 4.79 Å². The van der Waals surface area contributed by atoms with Gasteiger partial charge in [-0.05, 0) is 46.2 Å². The fourth-order valence-corrected chi connectivity index (χ4v) is 3.48. The molecule has 3 rings (SSSR count). The van der Waals surface area contributed by atoms with Crippen molar-refractivity contribution in [3.05, 3.63) is 17.5 Å². The van der Waals surface area contributed by atoms with E-state index in [2.05, 4.69) is 17.1 Å². The Hall–Kier alpha value is -1.36. The van der Waals surface area contributed by atoms with Crippen molar-refractivity contribution in [2.24, 2.45) is 0 Å². The van der Waals surface area contributed by atoms with Crippen LogP contribution in [0.5, 0.6) is 0 Å². The summed E-state index contributed by atoms with van der Waals surface area (Å²) in [5.74, 6) is 0.719. The molecule has 2 fully saturated rings. The van der Waals surface area contributed by atoms with Gasteiger partial charge in [-0.1, -0.05) is 5.16 Å². The number of carbonyl (C=O) groups excluding carboxylic acids is 1. The Bertz CT molecular complexity index is 471. The third kappa shape index (κ3) is 2.27. The largest absolute Gasteiger partial charge is 0.361 e. The number of rotatable bonds is 2. The summed E-state index contributed by atoms with van der Waals surface area (Å²) in [5, 5.41) is 3.86. The second-order valence-electron chi connectivity index (χ2n) is 5.72. The lowest BCUT2D eigenvalue weighted by molar-refractivity contribution is 0.0654. The Balaban J connectivity index is 1.77. The van der Waals surface area contributed by atoms with Crippen LogP contribution in [0.25, 0.3) is 0 Å². The minimum absolute atomic E-state index is 0.0275. The Morgan fingerprint density at radius 1 is 1.32 bits per heavy atom. The maximum Gasteiger partial charge on any atom is 0.276 e. The maximum absolute atomic E-state index is 12.5. The van der Waals surface area contributed by atoms with E-state index < -0.39 is 0 Å². The van der Waals surface area contributed by atoms with Gasteiger partial charge in [0.15, 0.2) is 5.69 Å². The first kappa shape index (κ1) is 12.7. The fourth-order valence-electron chi connectivity index (χ4n) is 3.48. The minimum Gasteiger partial charge on any atom is -0.361 e. The smallest absolute Gasteiger partial charge is 0.276 e. The zero-order valence-corrected chi connectivity index (χ0v) is 11.6. The Labute approximate surface area is 113 Å². The highest BCUT2D eigenvalue weighted by atomic mass is 16.5. The first-order valence-electron chi connectivity index (χ1n) is 7.11. The molecule has 104 valence electrons. The van der Waals surface area contributed by atoms with Crippen molar-refractivity contribution >= 4 is 5.91 Å². The molecule has 0 spiro atoms. The lowest BCUT2D eigenvalue weighted by atomic mass is 10.0. The van der Waals surface area contributed by atoms with Crippen molar-refractivity contribution in [3.8, 4) is 0 Å². The molecule has 0 saturated carbocycles. The highest BCUT2D eigenvalue weighted by molar-refractivity contribution is 5.92. The highest BCUT2D eigenvalue weighted by Gasteiger charge is 2.39. The molecular formula is C14H21N3O2. The van der Waals surface area contributed by atoms with Gasteiger partial charge in [0.1, 0.15) is 5.76 Å². The number of hydrogen-bond acceptors (Lipinski definition) is 4. The van der Waals surface area contributed by atoms with Gasteiger partial charge in [0.25, 0.3) is 5.91 Å². The number of likely N-dealkylation sites (N-methyl/N-ethyl adjacent to an activating group) is 1. The van der Waals surface area contributed by atoms with Crippen molar-refractivity contribution < 1.29 is 9.32 Å². The summed E-state index contributed by atoms with van der Waals surface area (Å²) in [6.45, 7) is 3.81. The number of aryl methyl sites for hydroxylation is 1. The predicted octanol–water partition coefficient (Wildman–Crippen LogP) is 1.68. The van der Waals surface area contributed by atoms with Gasteiger partial charge in [-0.2, -0.15) is 0 Å². The van der Waals surface area contributed by atoms with Gasteiger partial charge in [0, 0.05) is 24.7 Å². The average molecular weight is 263 g/mol. The average Bonchev–Trinajstić information content (AvgIpc) is 3.07. The van der Waals surface area contributed by atoms with Crippen LogP contribution in [0.15, 0.2) is 10.6 Å². The number of hydrogen-bond donors (Lipinski definition) is 0. The summed E-state index contributed by atoms with van der Waals surface area (Å²) in [6, 6.07) is 2.59. The van der Waals surface area contributed by atoms with Crippen LogP contribution in [0.1, 0.15) is 41.9 Å². The zero-order chi connectivity index (χ0) is 13.4. The van der Waals surface area contributed by atoms with Crippen molar-refractivity contribution in [2.75, 3.05) is 20.1 Å². The van der Waals surface area contributed by atoms with Crippen molar-refractivity contribution in [3.63, 3.8) is 0 Å². The molecule has 0 N–H and O–H groups in total. The summed E-state index contributed by atoms with van der Waals surface area (Å²) < 4.78 is 5.02. The molecule has 0 aromatic carbocycles. The van der Waals surface area contributed by atoms with Crippen LogP contribution in [0.3, 0.4) is 0 Å². The SMILES string of the molecule is Cc1cc(C(=O)N2CCC[C@H]2[C@@H]2CCCN2C)no1. The Kier molecular flexibility index (Phi) is 3.31. The summed E-state index contributed by atoms with van der Waals surface area (Å²) in [4.78, 5) is 16.9. The van der Waals surface area contributed by atoms with Gasteiger partial charge in [-0.25, -0.2) is 0 Å². The molecule has 1 aromatic rings. The maximum atomic E-state index is 12.5. The topological polar surface area (TPSA) is 49.6 Å². The number of amides is 1. The molecule has 2 atom stereocenters. The zero-order valence-electron chi connectivity index (χ0n) is 11.6. The Morgan fingerprint density at radius 3 is 2.68 bits per heavy atom. The molecule has 0 aliphatic carbocycles. The molecule has 2 saturated heterocycles. The molecule has 3 heterocycles. The van der Waals surface area contributed by atoms with E-state index in [1.807, 2.05) is 11.8 Å². The van der Waals surface area contributed by atoms with Gasteiger partial charge >= 0.3 is 0 Å². The molecule has 5 nitrogen and oxygen atoms in total. The monoisotopic (exact) mass is 263 g/mol. The van der Waals surface area contributed by atoms with E-state index in [4.69, 9.17) is 4.52 Å². The highest BCUT2D eigenvalue weighted by Crippen LogP contribution is 2.29. The van der Waals surface area contributed by atoms with E-state index in [-0.39, 0.29) is 5.91 Å². The second-order valence-corrected chi connectivity index (χ2v) is 5.72. The lowest BCUT2D eigenvalue weighted by Crippen LogP contribution is -2.47. The van der Waals surface area contributed by atoms with E-state index >= 15 is 0 Å². The van der Waals surface area contributed by atoms with Crippen LogP contribution in [-0.4, -0.2) is 53.1 Å². The molecular weight excluding hydrogens is 242 g/mol. The quantitative estimate of drug-likeness (QED) is 0.814. The standard InChI is InChI=1S/C14H21N3O2/c1-10-9-11(15-19-10)14(18)17-8-4-6-13(17)12-5-3-7-16(12)2/h9,12-13H,3-8H2,1-2H3/t12-,13-/m0/s1. The summed E-state index contributed by atoms with van der Waals surface area (Å²) in [5.41, 5.74) is 0.449. The fraction of sp³-hybridized carbons (Fsp3) is 0.714. The van der Waals surface area contributed by atoms with Crippen LogP contribution in [0.4, 0.5) is 0 Å². The first-order valence-corrected chi connectivity index (χ1v) is 7.11. The molecule has 0 radical (unpaired) electrons. The molecule has 19 heavy (non-hydrogen) atoms. The van der Waals surface area contributed by atoms with Crippen LogP contribution >= 0.6 is 0 Å². The third-order valence-electron chi connectivity index (χ3n) is 4.43. The van der Waals surface area contributed by atoms with E-state index in [1.165, 1.54) is 12.8 Å². The van der Waals surface area contributed by atoms with Gasteiger partial charge in [0.2, 0.25) is 0 Å². The van der Waals surface area contributed by atoms with E-state index in [0.717, 1.165) is 25.9 Å². The van der Waals surface area contributed by atoms with E-state index in [9.17, 15) is 4.79 Å². The molecule has 0 bridgehead atoms. The normalized spacial score (nSPS) is 28.2. The van der Waals surface area contributed by atoms with E-state index in [0.29, 0.717) is 23.5 Å². The van der Waals surface area contributed by atoms with E-state index in [1.54, 1.807) is 6.07 Å². The summed E-state index contributed by atoms with van der Waals surface area (Å²) in [7, 11) is 2.17. The van der Waals surface area contributed by atoms with Crippen molar-refractivity contribution in [1.82, 2.24) is 15.0 Å².